The van der Waals surface area contributed by atoms with Crippen molar-refractivity contribution in [2.75, 3.05) is 6.54 Å². The minimum absolute atomic E-state index is 0.0928. The van der Waals surface area contributed by atoms with Crippen molar-refractivity contribution in [3.05, 3.63) is 72.3 Å². The highest BCUT2D eigenvalue weighted by atomic mass is 19.4. The Balaban J connectivity index is 1.35. The summed E-state index contributed by atoms with van der Waals surface area (Å²) in [6.45, 7) is 0.691. The topological polar surface area (TPSA) is 71.4 Å². The van der Waals surface area contributed by atoms with E-state index in [9.17, 15) is 18.3 Å². The molecule has 1 saturated heterocycles. The van der Waals surface area contributed by atoms with Crippen molar-refractivity contribution in [2.24, 2.45) is 5.92 Å². The molecule has 5 rings (SSSR count). The Morgan fingerprint density at radius 3 is 2.47 bits per heavy atom. The molecule has 0 spiro atoms. The number of likely N-dealkylation sites (tertiary alicyclic amines) is 1. The molecule has 6 nitrogen and oxygen atoms in total. The fraction of sp³-hybridized carbons (Fsp3) is 0.348. The first kappa shape index (κ1) is 20.8. The van der Waals surface area contributed by atoms with E-state index in [0.29, 0.717) is 23.9 Å². The number of ether oxygens (including phenoxy) is 1. The normalized spacial score (nSPS) is 23.9. The van der Waals surface area contributed by atoms with E-state index in [0.717, 1.165) is 30.7 Å². The van der Waals surface area contributed by atoms with E-state index in [1.165, 1.54) is 6.07 Å². The van der Waals surface area contributed by atoms with Crippen LogP contribution in [0.2, 0.25) is 0 Å². The van der Waals surface area contributed by atoms with Crippen molar-refractivity contribution >= 4 is 0 Å². The van der Waals surface area contributed by atoms with Gasteiger partial charge < -0.3 is 9.84 Å². The van der Waals surface area contributed by atoms with Crippen molar-refractivity contribution in [1.82, 2.24) is 19.9 Å². The molecule has 9 heteroatoms. The number of hydrogen-bond acceptors (Lipinski definition) is 6. The molecule has 1 aromatic carbocycles. The number of alkyl halides is 3. The average Bonchev–Trinajstić information content (AvgIpc) is 3.40. The van der Waals surface area contributed by atoms with Crippen molar-refractivity contribution in [3.63, 3.8) is 0 Å². The van der Waals surface area contributed by atoms with Gasteiger partial charge in [-0.25, -0.2) is 4.98 Å². The van der Waals surface area contributed by atoms with Crippen molar-refractivity contribution in [3.8, 4) is 17.1 Å². The Kier molecular flexibility index (Phi) is 5.30. The van der Waals surface area contributed by atoms with E-state index in [-0.39, 0.29) is 18.0 Å². The lowest BCUT2D eigenvalue weighted by molar-refractivity contribution is -0.137. The van der Waals surface area contributed by atoms with Gasteiger partial charge in [0.05, 0.1) is 11.3 Å². The van der Waals surface area contributed by atoms with Crippen molar-refractivity contribution in [2.45, 2.75) is 37.4 Å². The molecule has 2 bridgehead atoms. The monoisotopic (exact) mass is 442 g/mol. The molecular weight excluding hydrogens is 421 g/mol. The SMILES string of the molecule is OC(c1nccnc1-c1ccccc1)N1CC2CC(Oc3ccc(C(F)(F)F)cn3)C1C2. The van der Waals surface area contributed by atoms with Crippen LogP contribution in [-0.2, 0) is 6.18 Å². The maximum Gasteiger partial charge on any atom is 0.417 e. The first-order chi connectivity index (χ1) is 15.4. The molecule has 2 aromatic heterocycles. The number of aromatic nitrogens is 3. The first-order valence-corrected chi connectivity index (χ1v) is 10.4. The third-order valence-corrected chi connectivity index (χ3v) is 6.13. The van der Waals surface area contributed by atoms with Crippen LogP contribution >= 0.6 is 0 Å². The van der Waals surface area contributed by atoms with Crippen LogP contribution in [0.3, 0.4) is 0 Å². The van der Waals surface area contributed by atoms with Gasteiger partial charge in [0.15, 0.2) is 6.23 Å². The first-order valence-electron chi connectivity index (χ1n) is 10.4. The fourth-order valence-corrected chi connectivity index (χ4v) is 4.70. The fourth-order valence-electron chi connectivity index (χ4n) is 4.70. The molecule has 166 valence electrons. The minimum atomic E-state index is -4.44. The van der Waals surface area contributed by atoms with Crippen LogP contribution in [0.25, 0.3) is 11.3 Å². The molecule has 2 aliphatic rings. The summed E-state index contributed by atoms with van der Waals surface area (Å²) < 4.78 is 44.3. The van der Waals surface area contributed by atoms with Gasteiger partial charge in [-0.15, -0.1) is 0 Å². The van der Waals surface area contributed by atoms with E-state index in [1.54, 1.807) is 12.4 Å². The second kappa shape index (κ2) is 8.14. The van der Waals surface area contributed by atoms with Gasteiger partial charge >= 0.3 is 6.18 Å². The van der Waals surface area contributed by atoms with E-state index in [1.807, 2.05) is 35.2 Å². The number of pyridine rings is 1. The molecule has 4 atom stereocenters. The largest absolute Gasteiger partial charge is 0.473 e. The molecule has 2 fully saturated rings. The van der Waals surface area contributed by atoms with Gasteiger partial charge in [0, 0.05) is 42.8 Å². The molecule has 1 saturated carbocycles. The third-order valence-electron chi connectivity index (χ3n) is 6.13. The third kappa shape index (κ3) is 3.93. The number of aliphatic hydroxyl groups excluding tert-OH is 1. The standard InChI is InChI=1S/C23H21F3N4O2/c24-23(25,26)16-6-7-19(29-12-16)32-18-11-14-10-17(18)30(13-14)22(31)21-20(27-8-9-28-21)15-4-2-1-3-5-15/h1-9,12,14,17-18,22,31H,10-11,13H2. The summed E-state index contributed by atoms with van der Waals surface area (Å²) in [5.41, 5.74) is 1.13. The quantitative estimate of drug-likeness (QED) is 0.642. The Morgan fingerprint density at radius 1 is 1.00 bits per heavy atom. The van der Waals surface area contributed by atoms with Crippen molar-refractivity contribution in [1.29, 1.82) is 0 Å². The summed E-state index contributed by atoms with van der Waals surface area (Å²) in [5.74, 6) is 0.473. The van der Waals surface area contributed by atoms with Crippen LogP contribution in [0, 0.1) is 5.92 Å². The molecule has 1 aliphatic heterocycles. The smallest absolute Gasteiger partial charge is 0.417 e. The summed E-state index contributed by atoms with van der Waals surface area (Å²) >= 11 is 0. The summed E-state index contributed by atoms with van der Waals surface area (Å²) in [5, 5.41) is 11.2. The summed E-state index contributed by atoms with van der Waals surface area (Å²) in [6, 6.07) is 11.7. The second-order valence-corrected chi connectivity index (χ2v) is 8.17. The molecule has 3 aromatic rings. The van der Waals surface area contributed by atoms with Gasteiger partial charge in [0.1, 0.15) is 11.8 Å². The number of fused-ring (bicyclic) bond motifs is 2. The molecular formula is C23H21F3N4O2. The number of aliphatic hydroxyl groups is 1. The van der Waals surface area contributed by atoms with Gasteiger partial charge in [-0.2, -0.15) is 13.2 Å². The average molecular weight is 442 g/mol. The Hall–Kier alpha value is -3.04. The van der Waals surface area contributed by atoms with Gasteiger partial charge in [0.2, 0.25) is 5.88 Å². The highest BCUT2D eigenvalue weighted by Crippen LogP contribution is 2.43. The zero-order chi connectivity index (χ0) is 22.3. The number of piperidine rings is 1. The number of halogens is 3. The predicted molar refractivity (Wildman–Crippen MR) is 109 cm³/mol. The van der Waals surface area contributed by atoms with Gasteiger partial charge in [0.25, 0.3) is 0 Å². The molecule has 1 N–H and O–H groups in total. The molecule has 4 unspecified atom stereocenters. The van der Waals surface area contributed by atoms with Gasteiger partial charge in [-0.3, -0.25) is 14.9 Å². The second-order valence-electron chi connectivity index (χ2n) is 8.17. The van der Waals surface area contributed by atoms with Crippen LogP contribution < -0.4 is 4.74 Å². The van der Waals surface area contributed by atoms with Crippen LogP contribution in [0.1, 0.15) is 30.3 Å². The summed E-state index contributed by atoms with van der Waals surface area (Å²) in [7, 11) is 0. The zero-order valence-corrected chi connectivity index (χ0v) is 17.0. The van der Waals surface area contributed by atoms with E-state index >= 15 is 0 Å². The van der Waals surface area contributed by atoms with Crippen LogP contribution in [0.5, 0.6) is 5.88 Å². The number of rotatable bonds is 5. The van der Waals surface area contributed by atoms with Crippen LogP contribution in [0.15, 0.2) is 61.1 Å². The van der Waals surface area contributed by atoms with Gasteiger partial charge in [-0.05, 0) is 24.8 Å². The van der Waals surface area contributed by atoms with Gasteiger partial charge in [-0.1, -0.05) is 30.3 Å². The zero-order valence-electron chi connectivity index (χ0n) is 17.0. The molecule has 0 radical (unpaired) electrons. The number of benzene rings is 1. The Morgan fingerprint density at radius 2 is 1.78 bits per heavy atom. The Labute approximate surface area is 182 Å². The summed E-state index contributed by atoms with van der Waals surface area (Å²) in [6.07, 6.45) is -0.153. The molecule has 3 heterocycles. The van der Waals surface area contributed by atoms with E-state index in [4.69, 9.17) is 4.74 Å². The summed E-state index contributed by atoms with van der Waals surface area (Å²) in [4.78, 5) is 14.6. The lowest BCUT2D eigenvalue weighted by Gasteiger charge is -2.36. The Bertz CT molecular complexity index is 1080. The van der Waals surface area contributed by atoms with E-state index in [2.05, 4.69) is 15.0 Å². The molecule has 1 aliphatic carbocycles. The minimum Gasteiger partial charge on any atom is -0.473 e. The molecule has 0 amide bonds. The lowest BCUT2D eigenvalue weighted by atomic mass is 10.0. The maximum atomic E-state index is 12.8. The predicted octanol–water partition coefficient (Wildman–Crippen LogP) is 4.09. The van der Waals surface area contributed by atoms with Crippen LogP contribution in [0.4, 0.5) is 13.2 Å². The lowest BCUT2D eigenvalue weighted by Crippen LogP contribution is -2.46. The molecule has 32 heavy (non-hydrogen) atoms. The number of hydrogen-bond donors (Lipinski definition) is 1. The number of nitrogens with zero attached hydrogens (tertiary/aromatic N) is 4. The maximum absolute atomic E-state index is 12.8. The highest BCUT2D eigenvalue weighted by Gasteiger charge is 2.49. The van der Waals surface area contributed by atoms with E-state index < -0.39 is 18.0 Å². The highest BCUT2D eigenvalue weighted by molar-refractivity contribution is 5.61. The van der Waals surface area contributed by atoms with Crippen LogP contribution in [-0.4, -0.2) is 43.6 Å². The van der Waals surface area contributed by atoms with Crippen molar-refractivity contribution < 1.29 is 23.0 Å².